The molecular weight excluding hydrogens is 198 g/mol. The van der Waals surface area contributed by atoms with Crippen molar-refractivity contribution in [3.63, 3.8) is 0 Å². The van der Waals surface area contributed by atoms with Gasteiger partial charge in [-0.25, -0.2) is 9.97 Å². The fourth-order valence-corrected chi connectivity index (χ4v) is 1.43. The first-order chi connectivity index (χ1) is 7.67. The van der Waals surface area contributed by atoms with Crippen LogP contribution < -0.4 is 5.32 Å². The summed E-state index contributed by atoms with van der Waals surface area (Å²) in [6.45, 7) is 6.33. The van der Waals surface area contributed by atoms with Gasteiger partial charge in [0, 0.05) is 11.8 Å². The van der Waals surface area contributed by atoms with Crippen molar-refractivity contribution in [2.24, 2.45) is 0 Å². The van der Waals surface area contributed by atoms with Gasteiger partial charge in [0.05, 0.1) is 6.04 Å². The molecule has 0 fully saturated rings. The van der Waals surface area contributed by atoms with Crippen molar-refractivity contribution in [2.45, 2.75) is 45.6 Å². The van der Waals surface area contributed by atoms with Crippen molar-refractivity contribution in [3.8, 4) is 12.3 Å². The molecule has 0 saturated heterocycles. The Balaban J connectivity index is 2.73. The normalized spacial score (nSPS) is 12.2. The minimum absolute atomic E-state index is 0.0555. The zero-order chi connectivity index (χ0) is 12.0. The second-order valence-electron chi connectivity index (χ2n) is 4.14. The number of anilines is 1. The van der Waals surface area contributed by atoms with Crippen molar-refractivity contribution >= 4 is 5.82 Å². The average Bonchev–Trinajstić information content (AvgIpc) is 2.29. The maximum atomic E-state index is 5.45. The Morgan fingerprint density at radius 3 is 2.75 bits per heavy atom. The second-order valence-corrected chi connectivity index (χ2v) is 4.14. The van der Waals surface area contributed by atoms with Crippen LogP contribution in [-0.4, -0.2) is 16.0 Å². The summed E-state index contributed by atoms with van der Waals surface area (Å²) in [6, 6.07) is 2.02. The van der Waals surface area contributed by atoms with Crippen molar-refractivity contribution in [1.29, 1.82) is 0 Å². The van der Waals surface area contributed by atoms with Crippen molar-refractivity contribution in [2.75, 3.05) is 5.32 Å². The zero-order valence-corrected chi connectivity index (χ0v) is 10.2. The third kappa shape index (κ3) is 3.54. The van der Waals surface area contributed by atoms with Gasteiger partial charge in [0.25, 0.3) is 0 Å². The lowest BCUT2D eigenvalue weighted by atomic mass is 10.1. The number of nitrogens with zero attached hydrogens (tertiary/aromatic N) is 2. The lowest BCUT2D eigenvalue weighted by molar-refractivity contribution is 0.749. The van der Waals surface area contributed by atoms with Crippen molar-refractivity contribution in [1.82, 2.24) is 9.97 Å². The molecule has 1 heterocycles. The van der Waals surface area contributed by atoms with E-state index >= 15 is 0 Å². The quantitative estimate of drug-likeness (QED) is 0.771. The number of nitrogens with one attached hydrogen (secondary N) is 1. The number of terminal acetylenes is 1. The van der Waals surface area contributed by atoms with Crippen LogP contribution in [0.25, 0.3) is 0 Å². The summed E-state index contributed by atoms with van der Waals surface area (Å²) in [4.78, 5) is 8.39. The van der Waals surface area contributed by atoms with Crippen LogP contribution in [0.3, 0.4) is 0 Å². The molecule has 3 heteroatoms. The van der Waals surface area contributed by atoms with Gasteiger partial charge in [0.15, 0.2) is 0 Å². The Morgan fingerprint density at radius 2 is 2.19 bits per heavy atom. The Bertz CT molecular complexity index is 366. The van der Waals surface area contributed by atoms with Gasteiger partial charge in [-0.2, -0.15) is 0 Å². The Labute approximate surface area is 97.7 Å². The molecule has 0 aliphatic carbocycles. The van der Waals surface area contributed by atoms with Crippen LogP contribution in [-0.2, 0) is 0 Å². The minimum Gasteiger partial charge on any atom is -0.356 e. The fraction of sp³-hybridized carbons (Fsp3) is 0.538. The summed E-state index contributed by atoms with van der Waals surface area (Å²) in [5.74, 6) is 3.95. The molecule has 0 amide bonds. The summed E-state index contributed by atoms with van der Waals surface area (Å²) < 4.78 is 0. The molecule has 0 radical (unpaired) electrons. The largest absolute Gasteiger partial charge is 0.356 e. The summed E-state index contributed by atoms with van der Waals surface area (Å²) in [7, 11) is 0. The van der Waals surface area contributed by atoms with Gasteiger partial charge in [-0.05, 0) is 12.3 Å². The highest BCUT2D eigenvalue weighted by Gasteiger charge is 2.06. The minimum atomic E-state index is 0.0555. The molecule has 1 aromatic rings. The van der Waals surface area contributed by atoms with E-state index in [1.807, 2.05) is 6.07 Å². The van der Waals surface area contributed by atoms with E-state index in [-0.39, 0.29) is 6.04 Å². The smallest absolute Gasteiger partial charge is 0.130 e. The number of hydrogen-bond acceptors (Lipinski definition) is 3. The van der Waals surface area contributed by atoms with E-state index in [0.717, 1.165) is 24.4 Å². The van der Waals surface area contributed by atoms with Gasteiger partial charge in [0.1, 0.15) is 12.1 Å². The summed E-state index contributed by atoms with van der Waals surface area (Å²) in [5.41, 5.74) is 1.03. The fourth-order valence-electron chi connectivity index (χ4n) is 1.43. The molecule has 0 aliphatic heterocycles. The topological polar surface area (TPSA) is 37.8 Å². The molecule has 86 valence electrons. The Kier molecular flexibility index (Phi) is 4.78. The van der Waals surface area contributed by atoms with Crippen LogP contribution in [0.1, 0.15) is 45.2 Å². The third-order valence-electron chi connectivity index (χ3n) is 2.38. The van der Waals surface area contributed by atoms with Crippen LogP contribution >= 0.6 is 0 Å². The van der Waals surface area contributed by atoms with Crippen molar-refractivity contribution in [3.05, 3.63) is 18.1 Å². The van der Waals surface area contributed by atoms with E-state index in [1.54, 1.807) is 6.33 Å². The summed E-state index contributed by atoms with van der Waals surface area (Å²) in [5, 5.41) is 3.24. The van der Waals surface area contributed by atoms with E-state index in [4.69, 9.17) is 6.42 Å². The molecule has 0 aromatic carbocycles. The predicted molar refractivity (Wildman–Crippen MR) is 67.3 cm³/mol. The molecule has 16 heavy (non-hydrogen) atoms. The van der Waals surface area contributed by atoms with E-state index in [2.05, 4.69) is 42.0 Å². The highest BCUT2D eigenvalue weighted by Crippen LogP contribution is 2.14. The SMILES string of the molecule is C#CC(CCC)Nc1cc(C(C)C)ncn1. The monoisotopic (exact) mass is 217 g/mol. The lowest BCUT2D eigenvalue weighted by Crippen LogP contribution is -2.17. The van der Waals surface area contributed by atoms with E-state index in [1.165, 1.54) is 0 Å². The molecule has 0 spiro atoms. The first-order valence-electron chi connectivity index (χ1n) is 5.72. The van der Waals surface area contributed by atoms with Gasteiger partial charge in [-0.3, -0.25) is 0 Å². The lowest BCUT2D eigenvalue weighted by Gasteiger charge is -2.13. The van der Waals surface area contributed by atoms with Crippen LogP contribution in [0.15, 0.2) is 12.4 Å². The number of hydrogen-bond donors (Lipinski definition) is 1. The highest BCUT2D eigenvalue weighted by atomic mass is 15.0. The van der Waals surface area contributed by atoms with Crippen molar-refractivity contribution < 1.29 is 0 Å². The van der Waals surface area contributed by atoms with Crippen LogP contribution in [0, 0.1) is 12.3 Å². The molecule has 1 rings (SSSR count). The molecule has 1 N–H and O–H groups in total. The van der Waals surface area contributed by atoms with Gasteiger partial charge < -0.3 is 5.32 Å². The zero-order valence-electron chi connectivity index (χ0n) is 10.2. The summed E-state index contributed by atoms with van der Waals surface area (Å²) in [6.07, 6.45) is 9.04. The van der Waals surface area contributed by atoms with Crippen LogP contribution in [0.5, 0.6) is 0 Å². The van der Waals surface area contributed by atoms with Gasteiger partial charge in [-0.15, -0.1) is 6.42 Å². The highest BCUT2D eigenvalue weighted by molar-refractivity contribution is 5.38. The van der Waals surface area contributed by atoms with Crippen LogP contribution in [0.4, 0.5) is 5.82 Å². The maximum absolute atomic E-state index is 5.45. The molecule has 1 atom stereocenters. The maximum Gasteiger partial charge on any atom is 0.130 e. The Morgan fingerprint density at radius 1 is 1.44 bits per heavy atom. The summed E-state index contributed by atoms with van der Waals surface area (Å²) >= 11 is 0. The number of aromatic nitrogens is 2. The van der Waals surface area contributed by atoms with Gasteiger partial charge in [0.2, 0.25) is 0 Å². The number of rotatable bonds is 5. The molecule has 0 aliphatic rings. The molecule has 0 bridgehead atoms. The first kappa shape index (κ1) is 12.5. The molecular formula is C13H19N3. The predicted octanol–water partition coefficient (Wildman–Crippen LogP) is 2.81. The standard InChI is InChI=1S/C13H19N3/c1-5-7-11(6-2)16-13-8-12(10(3)4)14-9-15-13/h2,8-11H,5,7H2,1,3-4H3,(H,14,15,16). The third-order valence-corrected chi connectivity index (χ3v) is 2.38. The van der Waals surface area contributed by atoms with E-state index < -0.39 is 0 Å². The van der Waals surface area contributed by atoms with E-state index in [0.29, 0.717) is 5.92 Å². The molecule has 3 nitrogen and oxygen atoms in total. The second kappa shape index (κ2) is 6.12. The molecule has 1 unspecified atom stereocenters. The van der Waals surface area contributed by atoms with Crippen LogP contribution in [0.2, 0.25) is 0 Å². The average molecular weight is 217 g/mol. The van der Waals surface area contributed by atoms with Gasteiger partial charge >= 0.3 is 0 Å². The van der Waals surface area contributed by atoms with E-state index in [9.17, 15) is 0 Å². The van der Waals surface area contributed by atoms with Gasteiger partial charge in [-0.1, -0.05) is 33.1 Å². The first-order valence-corrected chi connectivity index (χ1v) is 5.72. The molecule has 1 aromatic heterocycles. The molecule has 0 saturated carbocycles. The Hall–Kier alpha value is -1.56.